The van der Waals surface area contributed by atoms with Crippen LogP contribution < -0.4 is 0 Å². The van der Waals surface area contributed by atoms with Gasteiger partial charge in [-0.05, 0) is 136 Å². The summed E-state index contributed by atoms with van der Waals surface area (Å²) in [5.41, 5.74) is 19.5. The van der Waals surface area contributed by atoms with Gasteiger partial charge < -0.3 is 4.57 Å². The van der Waals surface area contributed by atoms with Gasteiger partial charge in [0.05, 0.1) is 14.8 Å². The van der Waals surface area contributed by atoms with Gasteiger partial charge in [0, 0.05) is 73.8 Å². The first kappa shape index (κ1) is 52.0. The van der Waals surface area contributed by atoms with Gasteiger partial charge in [-0.25, -0.2) is 0 Å². The molecular formula is C78H48BrCl2NS2. The second kappa shape index (κ2) is 22.1. The zero-order valence-electron chi connectivity index (χ0n) is 45.1. The van der Waals surface area contributed by atoms with Crippen LogP contribution in [0.3, 0.4) is 0 Å². The Kier molecular flexibility index (Phi) is 13.7. The first-order chi connectivity index (χ1) is 41.5. The van der Waals surface area contributed by atoms with E-state index in [4.69, 9.17) is 23.2 Å². The van der Waals surface area contributed by atoms with E-state index in [1.807, 2.05) is 46.9 Å². The van der Waals surface area contributed by atoms with Crippen molar-refractivity contribution in [2.75, 3.05) is 0 Å². The van der Waals surface area contributed by atoms with E-state index in [9.17, 15) is 0 Å². The Morgan fingerprint density at radius 2 is 0.583 bits per heavy atom. The summed E-state index contributed by atoms with van der Waals surface area (Å²) in [5, 5.41) is 11.6. The molecule has 1 nitrogen and oxygen atoms in total. The molecule has 0 radical (unpaired) electrons. The van der Waals surface area contributed by atoms with E-state index in [1.54, 1.807) is 0 Å². The van der Waals surface area contributed by atoms with Crippen LogP contribution >= 0.6 is 61.8 Å². The maximum Gasteiger partial charge on any atom is 0.0789 e. The molecule has 0 aliphatic rings. The topological polar surface area (TPSA) is 4.93 Å². The minimum atomic E-state index is 0.736. The second-order valence-corrected chi connectivity index (χ2v) is 25.2. The summed E-state index contributed by atoms with van der Waals surface area (Å²) in [5.74, 6) is 0. The van der Waals surface area contributed by atoms with Crippen LogP contribution in [-0.4, -0.2) is 4.57 Å². The van der Waals surface area contributed by atoms with E-state index in [-0.39, 0.29) is 0 Å². The van der Waals surface area contributed by atoms with E-state index in [0.717, 1.165) is 25.1 Å². The molecule has 0 spiro atoms. The normalized spacial score (nSPS) is 11.5. The minimum Gasteiger partial charge on any atom is -0.309 e. The van der Waals surface area contributed by atoms with E-state index in [0.29, 0.717) is 0 Å². The van der Waals surface area contributed by atoms with Crippen LogP contribution in [0.25, 0.3) is 146 Å². The standard InChI is InChI=1S/C48H30ClNS.C30H18BrClS/c49-35-27-23-33(24-28-35)43-39-19-7-8-20-40(39)46-45(32-15-5-2-6-16-32)47(51-48(46)44(43)31-13-3-1-4-14-31)34-25-29-36(30-26-34)50-41-21-11-9-17-37(41)38-18-10-12-22-42(38)50;31-30-27(20-11-5-2-6-12-20)28-24-14-8-7-13-23(24)25(21-15-17-22(32)18-16-21)26(29(28)33-30)19-9-3-1-4-10-19/h1-30H;1-18H. The summed E-state index contributed by atoms with van der Waals surface area (Å²) >= 11 is 20.3. The summed E-state index contributed by atoms with van der Waals surface area (Å²) in [6, 6.07) is 104. The molecule has 0 atom stereocenters. The van der Waals surface area contributed by atoms with Gasteiger partial charge >= 0.3 is 0 Å². The number of rotatable bonds is 8. The molecule has 0 unspecified atom stereocenters. The zero-order chi connectivity index (χ0) is 56.3. The highest BCUT2D eigenvalue weighted by Crippen LogP contribution is 2.56. The van der Waals surface area contributed by atoms with Gasteiger partial charge in [-0.2, -0.15) is 0 Å². The average molecular weight is 1210 g/mol. The first-order valence-corrected chi connectivity index (χ1v) is 31.2. The Morgan fingerprint density at radius 1 is 0.262 bits per heavy atom. The molecule has 0 aliphatic carbocycles. The van der Waals surface area contributed by atoms with Gasteiger partial charge in [0.15, 0.2) is 0 Å². The van der Waals surface area contributed by atoms with Crippen LogP contribution in [0.5, 0.6) is 0 Å². The van der Waals surface area contributed by atoms with Crippen molar-refractivity contribution >= 4 is 125 Å². The molecule has 3 aromatic heterocycles. The van der Waals surface area contributed by atoms with Gasteiger partial charge in [0.2, 0.25) is 0 Å². The summed E-state index contributed by atoms with van der Waals surface area (Å²) < 4.78 is 6.11. The smallest absolute Gasteiger partial charge is 0.0789 e. The molecule has 0 amide bonds. The summed E-state index contributed by atoms with van der Waals surface area (Å²) in [6.07, 6.45) is 0. The highest BCUT2D eigenvalue weighted by molar-refractivity contribution is 9.11. The van der Waals surface area contributed by atoms with Crippen LogP contribution in [0.15, 0.2) is 295 Å². The average Bonchev–Trinajstić information content (AvgIpc) is 2.03. The number of thiophene rings is 2. The molecule has 3 heterocycles. The summed E-state index contributed by atoms with van der Waals surface area (Å²) in [7, 11) is 0. The van der Waals surface area contributed by atoms with E-state index < -0.39 is 0 Å². The van der Waals surface area contributed by atoms with Gasteiger partial charge in [0.1, 0.15) is 0 Å². The van der Waals surface area contributed by atoms with E-state index in [2.05, 4.69) is 287 Å². The SMILES string of the molecule is Clc1ccc(-c2c(-c3ccccc3)c3sc(-c4ccc(-n5c6ccccc6c6ccccc65)cc4)c(-c4ccccc4)c3c3ccccc23)cc1.Clc1ccc(-c2c(-c3ccccc3)c3sc(Br)c(-c4ccccc4)c3c3ccccc23)cc1. The Labute approximate surface area is 513 Å². The lowest BCUT2D eigenvalue weighted by Crippen LogP contribution is -1.93. The fourth-order valence-corrected chi connectivity index (χ4v) is 16.3. The number of benzene rings is 13. The van der Waals surface area contributed by atoms with Crippen molar-refractivity contribution in [2.45, 2.75) is 0 Å². The number of fused-ring (bicyclic) bond motifs is 9. The van der Waals surface area contributed by atoms with Crippen molar-refractivity contribution in [2.24, 2.45) is 0 Å². The van der Waals surface area contributed by atoms with Crippen LogP contribution in [-0.2, 0) is 0 Å². The molecule has 84 heavy (non-hydrogen) atoms. The summed E-state index contributed by atoms with van der Waals surface area (Å²) in [4.78, 5) is 1.26. The summed E-state index contributed by atoms with van der Waals surface area (Å²) in [6.45, 7) is 0. The molecule has 0 saturated heterocycles. The van der Waals surface area contributed by atoms with Crippen molar-refractivity contribution in [3.8, 4) is 82.9 Å². The van der Waals surface area contributed by atoms with Crippen LogP contribution in [0, 0.1) is 0 Å². The van der Waals surface area contributed by atoms with Crippen LogP contribution in [0.4, 0.5) is 0 Å². The third-order valence-corrected chi connectivity index (χ3v) is 19.8. The van der Waals surface area contributed by atoms with Crippen molar-refractivity contribution in [1.82, 2.24) is 4.57 Å². The van der Waals surface area contributed by atoms with Gasteiger partial charge in [-0.3, -0.25) is 0 Å². The molecular weight excluding hydrogens is 1170 g/mol. The molecule has 0 saturated carbocycles. The maximum atomic E-state index is 6.43. The quantitative estimate of drug-likeness (QED) is 0.143. The number of nitrogens with zero attached hydrogens (tertiary/aromatic N) is 1. The molecule has 16 rings (SSSR count). The molecule has 16 aromatic rings. The Bertz CT molecular complexity index is 5060. The van der Waals surface area contributed by atoms with Crippen molar-refractivity contribution in [3.05, 3.63) is 305 Å². The van der Waals surface area contributed by atoms with Gasteiger partial charge in [-0.15, -0.1) is 22.7 Å². The molecule has 0 aliphatic heterocycles. The number of hydrogen-bond acceptors (Lipinski definition) is 2. The Morgan fingerprint density at radius 3 is 1.02 bits per heavy atom. The maximum absolute atomic E-state index is 6.43. The Hall–Kier alpha value is -8.84. The van der Waals surface area contributed by atoms with Crippen molar-refractivity contribution in [1.29, 1.82) is 0 Å². The number of aromatic nitrogens is 1. The monoisotopic (exact) mass is 1210 g/mol. The fourth-order valence-electron chi connectivity index (χ4n) is 12.5. The molecule has 6 heteroatoms. The zero-order valence-corrected chi connectivity index (χ0v) is 49.8. The number of para-hydroxylation sites is 2. The molecule has 0 N–H and O–H groups in total. The third kappa shape index (κ3) is 9.05. The van der Waals surface area contributed by atoms with Crippen molar-refractivity contribution < 1.29 is 0 Å². The lowest BCUT2D eigenvalue weighted by molar-refractivity contribution is 1.18. The Balaban J connectivity index is 0.000000157. The lowest BCUT2D eigenvalue weighted by atomic mass is 9.86. The fraction of sp³-hybridized carbons (Fsp3) is 0. The first-order valence-electron chi connectivity index (χ1n) is 28.0. The second-order valence-electron chi connectivity index (χ2n) is 21.0. The van der Waals surface area contributed by atoms with Gasteiger partial charge in [-0.1, -0.05) is 266 Å². The number of halogens is 3. The van der Waals surface area contributed by atoms with Crippen LogP contribution in [0.2, 0.25) is 10.0 Å². The predicted molar refractivity (Wildman–Crippen MR) is 369 cm³/mol. The van der Waals surface area contributed by atoms with E-state index in [1.165, 1.54) is 135 Å². The van der Waals surface area contributed by atoms with Crippen LogP contribution in [0.1, 0.15) is 0 Å². The molecule has 0 bridgehead atoms. The van der Waals surface area contributed by atoms with Gasteiger partial charge in [0.25, 0.3) is 0 Å². The number of hydrogen-bond donors (Lipinski definition) is 0. The molecule has 398 valence electrons. The van der Waals surface area contributed by atoms with Crippen molar-refractivity contribution in [3.63, 3.8) is 0 Å². The minimum absolute atomic E-state index is 0.736. The largest absolute Gasteiger partial charge is 0.309 e. The molecule has 13 aromatic carbocycles. The highest BCUT2D eigenvalue weighted by Gasteiger charge is 2.27. The van der Waals surface area contributed by atoms with E-state index >= 15 is 0 Å². The molecule has 0 fully saturated rings. The predicted octanol–water partition coefficient (Wildman–Crippen LogP) is 24.9. The highest BCUT2D eigenvalue weighted by atomic mass is 79.9. The third-order valence-electron chi connectivity index (χ3n) is 16.1. The lowest BCUT2D eigenvalue weighted by Gasteiger charge is -2.17.